The molecule has 1 atom stereocenters. The first kappa shape index (κ1) is 11.8. The highest BCUT2D eigenvalue weighted by atomic mass is 16.4. The highest BCUT2D eigenvalue weighted by Gasteiger charge is 2.21. The van der Waals surface area contributed by atoms with Crippen LogP contribution in [0.5, 0.6) is 0 Å². The van der Waals surface area contributed by atoms with Crippen molar-refractivity contribution in [3.05, 3.63) is 29.8 Å². The summed E-state index contributed by atoms with van der Waals surface area (Å²) in [5.41, 5.74) is 7.59. The van der Waals surface area contributed by atoms with Crippen LogP contribution in [0.1, 0.15) is 31.7 Å². The Morgan fingerprint density at radius 1 is 1.41 bits per heavy atom. The van der Waals surface area contributed by atoms with Gasteiger partial charge < -0.3 is 15.8 Å². The predicted octanol–water partition coefficient (Wildman–Crippen LogP) is 2.16. The Balaban J connectivity index is 2.37. The number of amidine groups is 1. The lowest BCUT2D eigenvalue weighted by molar-refractivity contribution is 0.318. The Labute approximate surface area is 102 Å². The first-order valence-electron chi connectivity index (χ1n) is 6.07. The Bertz CT molecular complexity index is 417. The molecular weight excluding hydrogens is 214 g/mol. The fraction of sp³-hybridized carbons (Fsp3) is 0.462. The molecule has 2 rings (SSSR count). The lowest BCUT2D eigenvalue weighted by Crippen LogP contribution is -2.38. The van der Waals surface area contributed by atoms with Crippen molar-refractivity contribution in [2.75, 3.05) is 11.4 Å². The van der Waals surface area contributed by atoms with E-state index in [1.54, 1.807) is 0 Å². The van der Waals surface area contributed by atoms with Crippen molar-refractivity contribution in [1.82, 2.24) is 0 Å². The van der Waals surface area contributed by atoms with Crippen LogP contribution in [0, 0.1) is 0 Å². The summed E-state index contributed by atoms with van der Waals surface area (Å²) in [7, 11) is 0. The summed E-state index contributed by atoms with van der Waals surface area (Å²) in [6, 6.07) is 8.34. The van der Waals surface area contributed by atoms with Gasteiger partial charge in [0.2, 0.25) is 0 Å². The van der Waals surface area contributed by atoms with Gasteiger partial charge in [0.15, 0.2) is 5.84 Å². The van der Waals surface area contributed by atoms with Gasteiger partial charge in [0, 0.05) is 23.8 Å². The molecule has 4 nitrogen and oxygen atoms in total. The van der Waals surface area contributed by atoms with Gasteiger partial charge in [-0.05, 0) is 38.3 Å². The van der Waals surface area contributed by atoms with Crippen LogP contribution >= 0.6 is 0 Å². The van der Waals surface area contributed by atoms with E-state index in [-0.39, 0.29) is 5.84 Å². The van der Waals surface area contributed by atoms with E-state index in [0.717, 1.165) is 17.8 Å². The van der Waals surface area contributed by atoms with E-state index in [4.69, 9.17) is 10.9 Å². The Hall–Kier alpha value is -1.71. The lowest BCUT2D eigenvalue weighted by atomic mass is 10.0. The second kappa shape index (κ2) is 5.08. The van der Waals surface area contributed by atoms with E-state index < -0.39 is 0 Å². The molecule has 1 fully saturated rings. The molecular formula is C13H19N3O. The highest BCUT2D eigenvalue weighted by molar-refractivity contribution is 6.02. The second-order valence-corrected chi connectivity index (χ2v) is 4.54. The van der Waals surface area contributed by atoms with E-state index in [1.807, 2.05) is 24.3 Å². The number of rotatable bonds is 2. The van der Waals surface area contributed by atoms with Crippen molar-refractivity contribution >= 4 is 11.5 Å². The predicted molar refractivity (Wildman–Crippen MR) is 69.6 cm³/mol. The van der Waals surface area contributed by atoms with Crippen LogP contribution in [-0.2, 0) is 0 Å². The highest BCUT2D eigenvalue weighted by Crippen LogP contribution is 2.27. The molecule has 0 aliphatic carbocycles. The van der Waals surface area contributed by atoms with Crippen molar-refractivity contribution < 1.29 is 5.21 Å². The molecule has 17 heavy (non-hydrogen) atoms. The number of nitrogens with zero attached hydrogens (tertiary/aromatic N) is 2. The van der Waals surface area contributed by atoms with Crippen molar-refractivity contribution in [2.45, 2.75) is 32.2 Å². The molecule has 92 valence electrons. The molecule has 0 radical (unpaired) electrons. The van der Waals surface area contributed by atoms with Gasteiger partial charge >= 0.3 is 0 Å². The zero-order chi connectivity index (χ0) is 12.3. The minimum absolute atomic E-state index is 0.179. The number of benzene rings is 1. The third kappa shape index (κ3) is 2.35. The molecule has 0 spiro atoms. The van der Waals surface area contributed by atoms with E-state index in [2.05, 4.69) is 17.0 Å². The number of nitrogens with two attached hydrogens (primary N) is 1. The standard InChI is InChI=1S/C13H19N3O/c1-10-6-4-5-9-16(10)12-8-3-2-7-11(12)13(14)15-17/h2-3,7-8,10,17H,4-6,9H2,1H3,(H2,14,15)/t10-/m1/s1. The summed E-state index contributed by atoms with van der Waals surface area (Å²) >= 11 is 0. The van der Waals surface area contributed by atoms with Crippen molar-refractivity contribution in [3.63, 3.8) is 0 Å². The topological polar surface area (TPSA) is 61.8 Å². The van der Waals surface area contributed by atoms with E-state index in [9.17, 15) is 0 Å². The van der Waals surface area contributed by atoms with Crippen LogP contribution in [0.4, 0.5) is 5.69 Å². The largest absolute Gasteiger partial charge is 0.409 e. The monoisotopic (exact) mass is 233 g/mol. The van der Waals surface area contributed by atoms with Crippen LogP contribution in [0.25, 0.3) is 0 Å². The van der Waals surface area contributed by atoms with Crippen molar-refractivity contribution in [2.24, 2.45) is 10.9 Å². The Morgan fingerprint density at radius 3 is 2.88 bits per heavy atom. The number of oxime groups is 1. The van der Waals surface area contributed by atoms with Crippen LogP contribution in [0.15, 0.2) is 29.4 Å². The zero-order valence-electron chi connectivity index (χ0n) is 10.1. The first-order valence-corrected chi connectivity index (χ1v) is 6.07. The van der Waals surface area contributed by atoms with Gasteiger partial charge in [0.05, 0.1) is 0 Å². The zero-order valence-corrected chi connectivity index (χ0v) is 10.1. The van der Waals surface area contributed by atoms with Gasteiger partial charge in [-0.15, -0.1) is 0 Å². The number of hydrogen-bond acceptors (Lipinski definition) is 3. The summed E-state index contributed by atoms with van der Waals surface area (Å²) in [4.78, 5) is 2.34. The smallest absolute Gasteiger partial charge is 0.172 e. The van der Waals surface area contributed by atoms with Crippen LogP contribution < -0.4 is 10.6 Å². The molecule has 1 aromatic carbocycles. The van der Waals surface area contributed by atoms with E-state index in [0.29, 0.717) is 6.04 Å². The minimum atomic E-state index is 0.179. The van der Waals surface area contributed by atoms with Crippen molar-refractivity contribution in [3.8, 4) is 0 Å². The van der Waals surface area contributed by atoms with Crippen LogP contribution in [-0.4, -0.2) is 23.6 Å². The first-order chi connectivity index (χ1) is 8.24. The second-order valence-electron chi connectivity index (χ2n) is 4.54. The average molecular weight is 233 g/mol. The molecule has 0 aromatic heterocycles. The van der Waals surface area contributed by atoms with Gasteiger partial charge in [0.1, 0.15) is 0 Å². The quantitative estimate of drug-likeness (QED) is 0.356. The molecule has 3 N–H and O–H groups in total. The molecule has 0 amide bonds. The maximum absolute atomic E-state index is 8.82. The Kier molecular flexibility index (Phi) is 3.52. The number of anilines is 1. The minimum Gasteiger partial charge on any atom is -0.409 e. The number of piperidine rings is 1. The fourth-order valence-electron chi connectivity index (χ4n) is 2.45. The molecule has 1 aliphatic heterocycles. The van der Waals surface area contributed by atoms with Gasteiger partial charge in [-0.2, -0.15) is 0 Å². The van der Waals surface area contributed by atoms with Crippen molar-refractivity contribution in [1.29, 1.82) is 0 Å². The fourth-order valence-corrected chi connectivity index (χ4v) is 2.45. The molecule has 4 heteroatoms. The number of hydrogen-bond donors (Lipinski definition) is 2. The van der Waals surface area contributed by atoms with E-state index in [1.165, 1.54) is 19.3 Å². The molecule has 1 heterocycles. The summed E-state index contributed by atoms with van der Waals surface area (Å²) in [6.07, 6.45) is 3.68. The third-order valence-corrected chi connectivity index (χ3v) is 3.40. The summed E-state index contributed by atoms with van der Waals surface area (Å²) in [5, 5.41) is 11.9. The lowest BCUT2D eigenvalue weighted by Gasteiger charge is -2.36. The summed E-state index contributed by atoms with van der Waals surface area (Å²) < 4.78 is 0. The van der Waals surface area contributed by atoms with Gasteiger partial charge in [-0.3, -0.25) is 0 Å². The molecule has 0 saturated carbocycles. The normalized spacial score (nSPS) is 21.6. The van der Waals surface area contributed by atoms with E-state index >= 15 is 0 Å². The molecule has 1 saturated heterocycles. The molecule has 0 bridgehead atoms. The average Bonchev–Trinajstić information content (AvgIpc) is 2.38. The maximum atomic E-state index is 8.82. The third-order valence-electron chi connectivity index (χ3n) is 3.40. The summed E-state index contributed by atoms with van der Waals surface area (Å²) in [6.45, 7) is 3.26. The Morgan fingerprint density at radius 2 is 2.18 bits per heavy atom. The van der Waals surface area contributed by atoms with Gasteiger partial charge in [-0.25, -0.2) is 0 Å². The maximum Gasteiger partial charge on any atom is 0.172 e. The molecule has 1 aliphatic rings. The number of para-hydroxylation sites is 1. The molecule has 1 aromatic rings. The summed E-state index contributed by atoms with van der Waals surface area (Å²) in [5.74, 6) is 0.179. The molecule has 0 unspecified atom stereocenters. The van der Waals surface area contributed by atoms with Crippen LogP contribution in [0.3, 0.4) is 0 Å². The van der Waals surface area contributed by atoms with Crippen LogP contribution in [0.2, 0.25) is 0 Å². The van der Waals surface area contributed by atoms with Gasteiger partial charge in [-0.1, -0.05) is 17.3 Å². The van der Waals surface area contributed by atoms with Gasteiger partial charge in [0.25, 0.3) is 0 Å². The SMILES string of the molecule is C[C@@H]1CCCCN1c1ccccc1/C(N)=N\O.